The fraction of sp³-hybridized carbons (Fsp3) is 0.267. The molecular formula is C15H18N4O2. The number of nitrogens with zero attached hydrogens (tertiary/aromatic N) is 2. The van der Waals surface area contributed by atoms with E-state index in [1.807, 2.05) is 0 Å². The number of aromatic amines is 1. The summed E-state index contributed by atoms with van der Waals surface area (Å²) in [6.45, 7) is 1.94. The SMILES string of the molecule is CC(=O)N(C)c1ccccc1C(=O)NCCc1ncc[nH]1. The number of rotatable bonds is 5. The highest BCUT2D eigenvalue weighted by molar-refractivity contribution is 6.04. The van der Waals surface area contributed by atoms with Crippen LogP contribution in [0.2, 0.25) is 0 Å². The molecule has 0 spiro atoms. The van der Waals surface area contributed by atoms with Crippen LogP contribution in [0.4, 0.5) is 5.69 Å². The average Bonchev–Trinajstić information content (AvgIpc) is 2.99. The van der Waals surface area contributed by atoms with Crippen LogP contribution in [0.25, 0.3) is 0 Å². The predicted molar refractivity (Wildman–Crippen MR) is 80.2 cm³/mol. The summed E-state index contributed by atoms with van der Waals surface area (Å²) in [4.78, 5) is 32.2. The number of hydrogen-bond donors (Lipinski definition) is 2. The highest BCUT2D eigenvalue weighted by Gasteiger charge is 2.15. The van der Waals surface area contributed by atoms with Crippen LogP contribution in [0, 0.1) is 0 Å². The zero-order valence-electron chi connectivity index (χ0n) is 12.1. The second kappa shape index (κ2) is 6.69. The lowest BCUT2D eigenvalue weighted by atomic mass is 10.1. The molecule has 0 unspecified atom stereocenters. The van der Waals surface area contributed by atoms with Crippen molar-refractivity contribution in [1.29, 1.82) is 0 Å². The first-order valence-electron chi connectivity index (χ1n) is 6.69. The first-order chi connectivity index (χ1) is 10.1. The minimum absolute atomic E-state index is 0.120. The molecule has 0 radical (unpaired) electrons. The number of hydrogen-bond acceptors (Lipinski definition) is 3. The molecule has 21 heavy (non-hydrogen) atoms. The first kappa shape index (κ1) is 14.8. The number of benzene rings is 1. The number of carbonyl (C=O) groups is 2. The van der Waals surface area contributed by atoms with Gasteiger partial charge >= 0.3 is 0 Å². The lowest BCUT2D eigenvalue weighted by molar-refractivity contribution is -0.116. The largest absolute Gasteiger partial charge is 0.352 e. The van der Waals surface area contributed by atoms with E-state index in [1.165, 1.54) is 11.8 Å². The molecule has 6 nitrogen and oxygen atoms in total. The van der Waals surface area contributed by atoms with Crippen molar-refractivity contribution in [1.82, 2.24) is 15.3 Å². The van der Waals surface area contributed by atoms with Gasteiger partial charge in [0.2, 0.25) is 5.91 Å². The summed E-state index contributed by atoms with van der Waals surface area (Å²) in [6, 6.07) is 7.03. The molecule has 0 aliphatic carbocycles. The second-order valence-electron chi connectivity index (χ2n) is 4.64. The molecule has 0 saturated carbocycles. The fourth-order valence-electron chi connectivity index (χ4n) is 1.95. The summed E-state index contributed by atoms with van der Waals surface area (Å²) in [7, 11) is 1.65. The van der Waals surface area contributed by atoms with Crippen molar-refractivity contribution in [2.45, 2.75) is 13.3 Å². The Morgan fingerprint density at radius 1 is 1.33 bits per heavy atom. The number of para-hydroxylation sites is 1. The van der Waals surface area contributed by atoms with Gasteiger partial charge < -0.3 is 15.2 Å². The van der Waals surface area contributed by atoms with E-state index in [2.05, 4.69) is 15.3 Å². The number of aromatic nitrogens is 2. The van der Waals surface area contributed by atoms with Gasteiger partial charge in [0.15, 0.2) is 0 Å². The molecule has 2 amide bonds. The Kier molecular flexibility index (Phi) is 4.71. The number of anilines is 1. The monoisotopic (exact) mass is 286 g/mol. The number of H-pyrrole nitrogens is 1. The Bertz CT molecular complexity index is 622. The van der Waals surface area contributed by atoms with E-state index in [9.17, 15) is 9.59 Å². The smallest absolute Gasteiger partial charge is 0.253 e. The summed E-state index contributed by atoms with van der Waals surface area (Å²) in [5.74, 6) is 0.500. The second-order valence-corrected chi connectivity index (χ2v) is 4.64. The van der Waals surface area contributed by atoms with Crippen molar-refractivity contribution in [3.63, 3.8) is 0 Å². The van der Waals surface area contributed by atoms with E-state index in [4.69, 9.17) is 0 Å². The molecule has 0 atom stereocenters. The van der Waals surface area contributed by atoms with Gasteiger partial charge in [-0.15, -0.1) is 0 Å². The Morgan fingerprint density at radius 3 is 2.76 bits per heavy atom. The van der Waals surface area contributed by atoms with E-state index in [-0.39, 0.29) is 11.8 Å². The third-order valence-electron chi connectivity index (χ3n) is 3.18. The standard InChI is InChI=1S/C15H18N4O2/c1-11(20)19(2)13-6-4-3-5-12(13)15(21)18-8-7-14-16-9-10-17-14/h3-6,9-10H,7-8H2,1-2H3,(H,16,17)(H,18,21). The predicted octanol–water partition coefficient (Wildman–Crippen LogP) is 1.36. The maximum Gasteiger partial charge on any atom is 0.253 e. The van der Waals surface area contributed by atoms with Crippen molar-refractivity contribution in [2.75, 3.05) is 18.5 Å². The van der Waals surface area contributed by atoms with Crippen LogP contribution in [-0.4, -0.2) is 35.4 Å². The molecule has 2 rings (SSSR count). The van der Waals surface area contributed by atoms with Crippen LogP contribution < -0.4 is 10.2 Å². The quantitative estimate of drug-likeness (QED) is 0.871. The van der Waals surface area contributed by atoms with Crippen LogP contribution in [0.5, 0.6) is 0 Å². The maximum atomic E-state index is 12.2. The minimum atomic E-state index is -0.203. The van der Waals surface area contributed by atoms with Gasteiger partial charge in [-0.2, -0.15) is 0 Å². The van der Waals surface area contributed by atoms with Gasteiger partial charge in [-0.05, 0) is 12.1 Å². The van der Waals surface area contributed by atoms with E-state index in [0.717, 1.165) is 5.82 Å². The maximum absolute atomic E-state index is 12.2. The summed E-state index contributed by atoms with van der Waals surface area (Å²) in [6.07, 6.45) is 4.05. The molecule has 6 heteroatoms. The summed E-state index contributed by atoms with van der Waals surface area (Å²) in [5, 5.41) is 2.83. The fourth-order valence-corrected chi connectivity index (χ4v) is 1.95. The van der Waals surface area contributed by atoms with Gasteiger partial charge in [0, 0.05) is 39.3 Å². The van der Waals surface area contributed by atoms with Gasteiger partial charge in [-0.3, -0.25) is 9.59 Å². The van der Waals surface area contributed by atoms with Crippen molar-refractivity contribution in [2.24, 2.45) is 0 Å². The van der Waals surface area contributed by atoms with E-state index in [0.29, 0.717) is 24.2 Å². The lowest BCUT2D eigenvalue weighted by Crippen LogP contribution is -2.30. The van der Waals surface area contributed by atoms with Gasteiger partial charge in [-0.25, -0.2) is 4.98 Å². The van der Waals surface area contributed by atoms with Crippen LogP contribution in [-0.2, 0) is 11.2 Å². The Morgan fingerprint density at radius 2 is 2.10 bits per heavy atom. The highest BCUT2D eigenvalue weighted by atomic mass is 16.2. The third kappa shape index (κ3) is 3.68. The van der Waals surface area contributed by atoms with E-state index >= 15 is 0 Å². The number of nitrogens with one attached hydrogen (secondary N) is 2. The number of carbonyl (C=O) groups excluding carboxylic acids is 2. The highest BCUT2D eigenvalue weighted by Crippen LogP contribution is 2.19. The van der Waals surface area contributed by atoms with Crippen molar-refractivity contribution in [3.05, 3.63) is 48.0 Å². The van der Waals surface area contributed by atoms with Crippen LogP contribution in [0.15, 0.2) is 36.7 Å². The topological polar surface area (TPSA) is 78.1 Å². The molecule has 1 aromatic heterocycles. The van der Waals surface area contributed by atoms with E-state index in [1.54, 1.807) is 43.7 Å². The average molecular weight is 286 g/mol. The molecule has 0 saturated heterocycles. The molecule has 2 aromatic rings. The van der Waals surface area contributed by atoms with Gasteiger partial charge in [0.1, 0.15) is 5.82 Å². The number of imidazole rings is 1. The third-order valence-corrected chi connectivity index (χ3v) is 3.18. The number of amides is 2. The van der Waals surface area contributed by atoms with Gasteiger partial charge in [0.25, 0.3) is 5.91 Å². The van der Waals surface area contributed by atoms with Crippen molar-refractivity contribution >= 4 is 17.5 Å². The molecule has 0 bridgehead atoms. The Labute approximate surface area is 123 Å². The molecule has 0 fully saturated rings. The molecule has 0 aliphatic heterocycles. The Balaban J connectivity index is 2.03. The van der Waals surface area contributed by atoms with E-state index < -0.39 is 0 Å². The summed E-state index contributed by atoms with van der Waals surface area (Å²) < 4.78 is 0. The van der Waals surface area contributed by atoms with Crippen LogP contribution >= 0.6 is 0 Å². The van der Waals surface area contributed by atoms with Crippen molar-refractivity contribution < 1.29 is 9.59 Å². The van der Waals surface area contributed by atoms with Gasteiger partial charge in [-0.1, -0.05) is 12.1 Å². The Hall–Kier alpha value is -2.63. The molecule has 1 aromatic carbocycles. The summed E-state index contributed by atoms with van der Waals surface area (Å²) >= 11 is 0. The summed E-state index contributed by atoms with van der Waals surface area (Å²) in [5.41, 5.74) is 1.08. The lowest BCUT2D eigenvalue weighted by Gasteiger charge is -2.18. The van der Waals surface area contributed by atoms with Gasteiger partial charge in [0.05, 0.1) is 11.3 Å². The minimum Gasteiger partial charge on any atom is -0.352 e. The van der Waals surface area contributed by atoms with Crippen LogP contribution in [0.3, 0.4) is 0 Å². The van der Waals surface area contributed by atoms with Crippen molar-refractivity contribution in [3.8, 4) is 0 Å². The first-order valence-corrected chi connectivity index (χ1v) is 6.69. The molecule has 0 aliphatic rings. The normalized spacial score (nSPS) is 10.2. The molecular weight excluding hydrogens is 268 g/mol. The molecule has 2 N–H and O–H groups in total. The van der Waals surface area contributed by atoms with Crippen LogP contribution in [0.1, 0.15) is 23.1 Å². The zero-order chi connectivity index (χ0) is 15.2. The zero-order valence-corrected chi connectivity index (χ0v) is 12.1. The molecule has 110 valence electrons. The molecule has 1 heterocycles.